The highest BCUT2D eigenvalue weighted by molar-refractivity contribution is 9.09. The molecule has 0 spiro atoms. The van der Waals surface area contributed by atoms with E-state index >= 15 is 0 Å². The van der Waals surface area contributed by atoms with Crippen molar-refractivity contribution < 1.29 is 0 Å². The first kappa shape index (κ1) is 11.6. The molecule has 0 amide bonds. The Labute approximate surface area is 105 Å². The molecule has 0 aliphatic carbocycles. The summed E-state index contributed by atoms with van der Waals surface area (Å²) >= 11 is 5.50. The first-order valence-corrected chi connectivity index (χ1v) is 7.49. The van der Waals surface area contributed by atoms with Crippen molar-refractivity contribution in [3.63, 3.8) is 0 Å². The molecule has 1 nitrogen and oxygen atoms in total. The second-order valence-electron chi connectivity index (χ2n) is 4.42. The van der Waals surface area contributed by atoms with E-state index in [-0.39, 0.29) is 0 Å². The zero-order chi connectivity index (χ0) is 10.7. The fourth-order valence-corrected chi connectivity index (χ4v) is 3.40. The number of hydrogen-bond donors (Lipinski definition) is 0. The molecule has 1 unspecified atom stereocenters. The van der Waals surface area contributed by atoms with Crippen molar-refractivity contribution in [1.82, 2.24) is 4.90 Å². The molecular weight excluding hydrogens is 270 g/mol. The molecule has 2 heterocycles. The van der Waals surface area contributed by atoms with Crippen LogP contribution in [-0.4, -0.2) is 22.8 Å². The Morgan fingerprint density at radius 2 is 2.27 bits per heavy atom. The van der Waals surface area contributed by atoms with Crippen LogP contribution in [-0.2, 0) is 6.54 Å². The van der Waals surface area contributed by atoms with Gasteiger partial charge in [-0.2, -0.15) is 11.3 Å². The van der Waals surface area contributed by atoms with Crippen LogP contribution in [0.4, 0.5) is 0 Å². The van der Waals surface area contributed by atoms with Crippen LogP contribution in [0.5, 0.6) is 0 Å². The van der Waals surface area contributed by atoms with E-state index in [0.717, 1.165) is 12.5 Å². The second kappa shape index (κ2) is 5.46. The van der Waals surface area contributed by atoms with Gasteiger partial charge < -0.3 is 0 Å². The third-order valence-corrected chi connectivity index (χ3v) is 4.75. The standard InChI is InChI=1S/C12H18BrNS/c1-10(13)12-2-5-14(6-3-12)8-11-4-7-15-9-11/h4,7,9-10,12H,2-3,5-6,8H2,1H3. The van der Waals surface area contributed by atoms with Gasteiger partial charge in [-0.15, -0.1) is 0 Å². The maximum Gasteiger partial charge on any atom is 0.0241 e. The van der Waals surface area contributed by atoms with Crippen LogP contribution in [0.15, 0.2) is 16.8 Å². The summed E-state index contributed by atoms with van der Waals surface area (Å²) in [6, 6.07) is 2.24. The largest absolute Gasteiger partial charge is 0.299 e. The number of nitrogens with zero attached hydrogens (tertiary/aromatic N) is 1. The van der Waals surface area contributed by atoms with E-state index < -0.39 is 0 Å². The number of piperidine rings is 1. The van der Waals surface area contributed by atoms with Gasteiger partial charge in [0.2, 0.25) is 0 Å². The molecule has 84 valence electrons. The number of rotatable bonds is 3. The van der Waals surface area contributed by atoms with Crippen LogP contribution >= 0.6 is 27.3 Å². The van der Waals surface area contributed by atoms with Crippen molar-refractivity contribution in [2.45, 2.75) is 31.1 Å². The minimum atomic E-state index is 0.681. The average Bonchev–Trinajstić information content (AvgIpc) is 2.71. The molecule has 0 N–H and O–H groups in total. The predicted octanol–water partition coefficient (Wildman–Crippen LogP) is 3.74. The van der Waals surface area contributed by atoms with Gasteiger partial charge in [-0.05, 0) is 54.2 Å². The highest BCUT2D eigenvalue weighted by Crippen LogP contribution is 2.25. The van der Waals surface area contributed by atoms with Gasteiger partial charge in [-0.1, -0.05) is 22.9 Å². The van der Waals surface area contributed by atoms with E-state index in [1.807, 2.05) is 0 Å². The van der Waals surface area contributed by atoms with Gasteiger partial charge in [0.1, 0.15) is 0 Å². The maximum atomic E-state index is 3.70. The van der Waals surface area contributed by atoms with E-state index in [1.54, 1.807) is 11.3 Å². The Balaban J connectivity index is 1.79. The molecule has 0 bridgehead atoms. The Kier molecular flexibility index (Phi) is 4.23. The lowest BCUT2D eigenvalue weighted by Crippen LogP contribution is -2.35. The molecule has 0 radical (unpaired) electrons. The topological polar surface area (TPSA) is 3.24 Å². The Hall–Kier alpha value is 0.140. The molecular formula is C12H18BrNS. The van der Waals surface area contributed by atoms with Crippen LogP contribution in [0.25, 0.3) is 0 Å². The summed E-state index contributed by atoms with van der Waals surface area (Å²) in [5.41, 5.74) is 1.48. The van der Waals surface area contributed by atoms with E-state index in [4.69, 9.17) is 0 Å². The van der Waals surface area contributed by atoms with E-state index in [0.29, 0.717) is 4.83 Å². The number of halogens is 1. The quantitative estimate of drug-likeness (QED) is 0.766. The number of likely N-dealkylation sites (tertiary alicyclic amines) is 1. The average molecular weight is 288 g/mol. The minimum absolute atomic E-state index is 0.681. The Morgan fingerprint density at radius 1 is 1.53 bits per heavy atom. The summed E-state index contributed by atoms with van der Waals surface area (Å²) in [4.78, 5) is 3.26. The fourth-order valence-electron chi connectivity index (χ4n) is 2.21. The Morgan fingerprint density at radius 3 is 2.80 bits per heavy atom. The highest BCUT2D eigenvalue weighted by atomic mass is 79.9. The third-order valence-electron chi connectivity index (χ3n) is 3.27. The van der Waals surface area contributed by atoms with Gasteiger partial charge in [0, 0.05) is 11.4 Å². The molecule has 1 atom stereocenters. The van der Waals surface area contributed by atoms with Gasteiger partial charge >= 0.3 is 0 Å². The van der Waals surface area contributed by atoms with Crippen molar-refractivity contribution in [3.05, 3.63) is 22.4 Å². The zero-order valence-electron chi connectivity index (χ0n) is 9.16. The van der Waals surface area contributed by atoms with E-state index in [9.17, 15) is 0 Å². The third kappa shape index (κ3) is 3.30. The number of thiophene rings is 1. The van der Waals surface area contributed by atoms with Crippen LogP contribution in [0, 0.1) is 5.92 Å². The molecule has 1 aromatic heterocycles. The van der Waals surface area contributed by atoms with Crippen LogP contribution < -0.4 is 0 Å². The maximum absolute atomic E-state index is 3.70. The van der Waals surface area contributed by atoms with Crippen molar-refractivity contribution in [2.24, 2.45) is 5.92 Å². The normalized spacial score (nSPS) is 21.7. The van der Waals surface area contributed by atoms with E-state index in [2.05, 4.69) is 44.6 Å². The summed E-state index contributed by atoms with van der Waals surface area (Å²) in [6.07, 6.45) is 2.69. The molecule has 0 aromatic carbocycles. The van der Waals surface area contributed by atoms with Crippen molar-refractivity contribution in [3.8, 4) is 0 Å². The Bertz CT molecular complexity index is 276. The monoisotopic (exact) mass is 287 g/mol. The zero-order valence-corrected chi connectivity index (χ0v) is 11.6. The molecule has 1 aliphatic heterocycles. The summed E-state index contributed by atoms with van der Waals surface area (Å²) in [6.45, 7) is 5.94. The second-order valence-corrected chi connectivity index (χ2v) is 6.65. The smallest absolute Gasteiger partial charge is 0.0241 e. The molecule has 3 heteroatoms. The SMILES string of the molecule is CC(Br)C1CCN(Cc2ccsc2)CC1. The highest BCUT2D eigenvalue weighted by Gasteiger charge is 2.22. The van der Waals surface area contributed by atoms with Crippen molar-refractivity contribution >= 4 is 27.3 Å². The van der Waals surface area contributed by atoms with Crippen molar-refractivity contribution in [2.75, 3.05) is 13.1 Å². The molecule has 15 heavy (non-hydrogen) atoms. The lowest BCUT2D eigenvalue weighted by atomic mass is 9.94. The molecule has 0 saturated carbocycles. The molecule has 1 fully saturated rings. The molecule has 1 aliphatic rings. The minimum Gasteiger partial charge on any atom is -0.299 e. The van der Waals surface area contributed by atoms with Gasteiger partial charge in [-0.25, -0.2) is 0 Å². The van der Waals surface area contributed by atoms with Crippen LogP contribution in [0.3, 0.4) is 0 Å². The number of alkyl halides is 1. The molecule has 2 rings (SSSR count). The molecule has 1 aromatic rings. The van der Waals surface area contributed by atoms with Gasteiger partial charge in [0.25, 0.3) is 0 Å². The van der Waals surface area contributed by atoms with E-state index in [1.165, 1.54) is 31.5 Å². The van der Waals surface area contributed by atoms with Crippen molar-refractivity contribution in [1.29, 1.82) is 0 Å². The predicted molar refractivity (Wildman–Crippen MR) is 70.7 cm³/mol. The number of hydrogen-bond acceptors (Lipinski definition) is 2. The summed E-state index contributed by atoms with van der Waals surface area (Å²) in [5, 5.41) is 4.43. The fraction of sp³-hybridized carbons (Fsp3) is 0.667. The summed E-state index contributed by atoms with van der Waals surface area (Å²) < 4.78 is 0. The summed E-state index contributed by atoms with van der Waals surface area (Å²) in [5.74, 6) is 0.878. The van der Waals surface area contributed by atoms with Gasteiger partial charge in [0.05, 0.1) is 0 Å². The lowest BCUT2D eigenvalue weighted by Gasteiger charge is -2.33. The first-order chi connectivity index (χ1) is 7.25. The van der Waals surface area contributed by atoms with Gasteiger partial charge in [0.15, 0.2) is 0 Å². The van der Waals surface area contributed by atoms with Crippen LogP contribution in [0.1, 0.15) is 25.3 Å². The lowest BCUT2D eigenvalue weighted by molar-refractivity contribution is 0.178. The van der Waals surface area contributed by atoms with Crippen LogP contribution in [0.2, 0.25) is 0 Å². The first-order valence-electron chi connectivity index (χ1n) is 5.63. The van der Waals surface area contributed by atoms with Gasteiger partial charge in [-0.3, -0.25) is 4.90 Å². The summed E-state index contributed by atoms with van der Waals surface area (Å²) in [7, 11) is 0. The molecule has 1 saturated heterocycles.